The number of nitrogens with zero attached hydrogens (tertiary/aromatic N) is 2. The minimum atomic E-state index is -3.52. The van der Waals surface area contributed by atoms with E-state index in [1.54, 1.807) is 13.0 Å². The molecule has 1 aromatic rings. The number of halogens is 1. The Bertz CT molecular complexity index is 627. The summed E-state index contributed by atoms with van der Waals surface area (Å²) in [6.45, 7) is 2.50. The van der Waals surface area contributed by atoms with Gasteiger partial charge in [-0.15, -0.1) is 11.3 Å². The molecule has 1 atom stereocenters. The molecule has 0 amide bonds. The Labute approximate surface area is 130 Å². The van der Waals surface area contributed by atoms with Crippen molar-refractivity contribution in [3.05, 3.63) is 14.7 Å². The van der Waals surface area contributed by atoms with E-state index in [4.69, 9.17) is 10.9 Å². The largest absolute Gasteiger partial charge is 0.409 e. The topological polar surface area (TPSA) is 96.0 Å². The van der Waals surface area contributed by atoms with Crippen LogP contribution in [-0.4, -0.2) is 36.9 Å². The molecule has 0 bridgehead atoms. The van der Waals surface area contributed by atoms with Crippen LogP contribution in [0, 0.1) is 12.8 Å². The number of rotatable bonds is 3. The fourth-order valence-corrected chi connectivity index (χ4v) is 6.22. The van der Waals surface area contributed by atoms with Crippen LogP contribution in [0.4, 0.5) is 0 Å². The number of hydrogen-bond donors (Lipinski definition) is 2. The number of piperidine rings is 1. The van der Waals surface area contributed by atoms with Crippen LogP contribution >= 0.6 is 27.3 Å². The monoisotopic (exact) mass is 381 g/mol. The quantitative estimate of drug-likeness (QED) is 0.362. The van der Waals surface area contributed by atoms with Gasteiger partial charge in [0.2, 0.25) is 10.0 Å². The van der Waals surface area contributed by atoms with Crippen molar-refractivity contribution < 1.29 is 13.6 Å². The maximum absolute atomic E-state index is 12.6. The Hall–Kier alpha value is -0.640. The molecule has 0 aliphatic carbocycles. The molecule has 1 saturated heterocycles. The maximum Gasteiger partial charge on any atom is 0.244 e. The predicted molar refractivity (Wildman–Crippen MR) is 81.6 cm³/mol. The SMILES string of the molecule is Cc1sc(Br)cc1S(=O)(=O)N1CCCC(C(N)=NO)C1. The summed E-state index contributed by atoms with van der Waals surface area (Å²) in [6, 6.07) is 1.63. The third-order valence-electron chi connectivity index (χ3n) is 3.38. The molecule has 0 aromatic carbocycles. The smallest absolute Gasteiger partial charge is 0.244 e. The molecule has 0 radical (unpaired) electrons. The van der Waals surface area contributed by atoms with Crippen molar-refractivity contribution in [3.8, 4) is 0 Å². The van der Waals surface area contributed by atoms with Crippen molar-refractivity contribution in [2.75, 3.05) is 13.1 Å². The first-order valence-electron chi connectivity index (χ1n) is 6.09. The number of sulfonamides is 1. The van der Waals surface area contributed by atoms with Crippen LogP contribution < -0.4 is 5.73 Å². The third-order valence-corrected chi connectivity index (χ3v) is 7.05. The van der Waals surface area contributed by atoms with E-state index in [1.807, 2.05) is 0 Å². The van der Waals surface area contributed by atoms with Gasteiger partial charge in [0.1, 0.15) is 5.84 Å². The molecule has 1 aliphatic heterocycles. The molecule has 0 spiro atoms. The minimum Gasteiger partial charge on any atom is -0.409 e. The summed E-state index contributed by atoms with van der Waals surface area (Å²) in [6.07, 6.45) is 1.43. The van der Waals surface area contributed by atoms with Crippen molar-refractivity contribution >= 4 is 43.1 Å². The van der Waals surface area contributed by atoms with Crippen LogP contribution in [-0.2, 0) is 10.0 Å². The zero-order valence-electron chi connectivity index (χ0n) is 10.9. The summed E-state index contributed by atoms with van der Waals surface area (Å²) < 4.78 is 27.5. The molecule has 3 N–H and O–H groups in total. The summed E-state index contributed by atoms with van der Waals surface area (Å²) in [5.41, 5.74) is 5.60. The predicted octanol–water partition coefficient (Wildman–Crippen LogP) is 1.97. The van der Waals surface area contributed by atoms with E-state index in [0.29, 0.717) is 17.9 Å². The van der Waals surface area contributed by atoms with Crippen LogP contribution in [0.3, 0.4) is 0 Å². The molecule has 2 heterocycles. The van der Waals surface area contributed by atoms with Gasteiger partial charge in [-0.2, -0.15) is 4.31 Å². The van der Waals surface area contributed by atoms with Gasteiger partial charge in [-0.05, 0) is 41.8 Å². The molecule has 1 aliphatic rings. The highest BCUT2D eigenvalue weighted by molar-refractivity contribution is 9.11. The van der Waals surface area contributed by atoms with E-state index >= 15 is 0 Å². The summed E-state index contributed by atoms with van der Waals surface area (Å²) in [4.78, 5) is 1.08. The normalized spacial score (nSPS) is 22.1. The molecule has 20 heavy (non-hydrogen) atoms. The zero-order chi connectivity index (χ0) is 14.9. The molecule has 6 nitrogen and oxygen atoms in total. The first kappa shape index (κ1) is 15.7. The summed E-state index contributed by atoms with van der Waals surface area (Å²) in [5.74, 6) is -0.140. The van der Waals surface area contributed by atoms with Gasteiger partial charge in [-0.25, -0.2) is 8.42 Å². The number of aryl methyl sites for hydroxylation is 1. The van der Waals surface area contributed by atoms with E-state index in [0.717, 1.165) is 15.1 Å². The Morgan fingerprint density at radius 3 is 2.90 bits per heavy atom. The highest BCUT2D eigenvalue weighted by atomic mass is 79.9. The van der Waals surface area contributed by atoms with E-state index in [-0.39, 0.29) is 18.3 Å². The van der Waals surface area contributed by atoms with Crippen LogP contribution in [0.2, 0.25) is 0 Å². The molecule has 1 fully saturated rings. The Balaban J connectivity index is 2.28. The van der Waals surface area contributed by atoms with Gasteiger partial charge in [-0.1, -0.05) is 5.16 Å². The lowest BCUT2D eigenvalue weighted by Gasteiger charge is -2.31. The Kier molecular flexibility index (Phi) is 4.73. The Morgan fingerprint density at radius 1 is 1.65 bits per heavy atom. The summed E-state index contributed by atoms with van der Waals surface area (Å²) >= 11 is 4.70. The molecular formula is C11H16BrN3O3S2. The van der Waals surface area contributed by atoms with Gasteiger partial charge in [-0.3, -0.25) is 0 Å². The van der Waals surface area contributed by atoms with E-state index < -0.39 is 10.0 Å². The maximum atomic E-state index is 12.6. The number of hydrogen-bond acceptors (Lipinski definition) is 5. The van der Waals surface area contributed by atoms with Crippen LogP contribution in [0.15, 0.2) is 19.9 Å². The van der Waals surface area contributed by atoms with Crippen LogP contribution in [0.25, 0.3) is 0 Å². The molecular weight excluding hydrogens is 366 g/mol. The van der Waals surface area contributed by atoms with Crippen molar-refractivity contribution in [3.63, 3.8) is 0 Å². The lowest BCUT2D eigenvalue weighted by Crippen LogP contribution is -2.44. The van der Waals surface area contributed by atoms with Crippen molar-refractivity contribution in [2.45, 2.75) is 24.7 Å². The zero-order valence-corrected chi connectivity index (χ0v) is 14.1. The lowest BCUT2D eigenvalue weighted by atomic mass is 9.99. The summed E-state index contributed by atoms with van der Waals surface area (Å²) in [5, 5.41) is 11.7. The minimum absolute atomic E-state index is 0.0909. The van der Waals surface area contributed by atoms with E-state index in [1.165, 1.54) is 15.6 Å². The third kappa shape index (κ3) is 3.00. The van der Waals surface area contributed by atoms with Gasteiger partial charge in [0.05, 0.1) is 8.68 Å². The molecule has 112 valence electrons. The first-order chi connectivity index (χ1) is 9.36. The number of thiophene rings is 1. The molecule has 2 rings (SSSR count). The first-order valence-corrected chi connectivity index (χ1v) is 9.14. The standard InChI is InChI=1S/C11H16BrN3O3S2/c1-7-9(5-10(12)19-7)20(17,18)15-4-2-3-8(6-15)11(13)14-16/h5,8,16H,2-4,6H2,1H3,(H2,13,14). The van der Waals surface area contributed by atoms with E-state index in [9.17, 15) is 8.42 Å². The molecule has 1 aromatic heterocycles. The number of amidine groups is 1. The van der Waals surface area contributed by atoms with Crippen molar-refractivity contribution in [2.24, 2.45) is 16.8 Å². The van der Waals surface area contributed by atoms with Gasteiger partial charge in [0.25, 0.3) is 0 Å². The average Bonchev–Trinajstić information content (AvgIpc) is 2.77. The average molecular weight is 382 g/mol. The molecule has 9 heteroatoms. The van der Waals surface area contributed by atoms with Gasteiger partial charge < -0.3 is 10.9 Å². The van der Waals surface area contributed by atoms with Crippen LogP contribution in [0.1, 0.15) is 17.7 Å². The second-order valence-corrected chi connectivity index (χ2v) is 9.24. The number of oxime groups is 1. The highest BCUT2D eigenvalue weighted by Gasteiger charge is 2.33. The fourth-order valence-electron chi connectivity index (χ4n) is 2.31. The lowest BCUT2D eigenvalue weighted by molar-refractivity contribution is 0.287. The van der Waals surface area contributed by atoms with Crippen LogP contribution in [0.5, 0.6) is 0 Å². The second kappa shape index (κ2) is 6.00. The fraction of sp³-hybridized carbons (Fsp3) is 0.545. The van der Waals surface area contributed by atoms with Gasteiger partial charge >= 0.3 is 0 Å². The number of nitrogens with two attached hydrogens (primary N) is 1. The van der Waals surface area contributed by atoms with Crippen molar-refractivity contribution in [1.29, 1.82) is 0 Å². The van der Waals surface area contributed by atoms with Crippen molar-refractivity contribution in [1.82, 2.24) is 4.31 Å². The van der Waals surface area contributed by atoms with E-state index in [2.05, 4.69) is 21.1 Å². The summed E-state index contributed by atoms with van der Waals surface area (Å²) in [7, 11) is -3.52. The van der Waals surface area contributed by atoms with Gasteiger partial charge in [0.15, 0.2) is 0 Å². The second-order valence-electron chi connectivity index (χ2n) is 4.70. The molecule has 1 unspecified atom stereocenters. The highest BCUT2D eigenvalue weighted by Crippen LogP contribution is 2.33. The van der Waals surface area contributed by atoms with Gasteiger partial charge in [0, 0.05) is 23.9 Å². The molecule has 0 saturated carbocycles. The Morgan fingerprint density at radius 2 is 2.35 bits per heavy atom.